The van der Waals surface area contributed by atoms with Crippen molar-refractivity contribution in [3.8, 4) is 0 Å². The van der Waals surface area contributed by atoms with Crippen LogP contribution in [0.1, 0.15) is 33.1 Å². The first-order chi connectivity index (χ1) is 8.11. The lowest BCUT2D eigenvalue weighted by Gasteiger charge is -2.22. The van der Waals surface area contributed by atoms with Gasteiger partial charge in [-0.3, -0.25) is 0 Å². The van der Waals surface area contributed by atoms with E-state index in [0.29, 0.717) is 17.6 Å². The molecule has 3 unspecified atom stereocenters. The van der Waals surface area contributed by atoms with E-state index in [1.807, 2.05) is 0 Å². The van der Waals surface area contributed by atoms with E-state index in [4.69, 9.17) is 5.73 Å². The van der Waals surface area contributed by atoms with Gasteiger partial charge in [-0.05, 0) is 42.9 Å². The van der Waals surface area contributed by atoms with E-state index in [1.165, 1.54) is 25.0 Å². The molecule has 2 rings (SSSR count). The van der Waals surface area contributed by atoms with Crippen LogP contribution in [0.3, 0.4) is 0 Å². The van der Waals surface area contributed by atoms with Crippen LogP contribution < -0.4 is 11.1 Å². The number of benzene rings is 1. The van der Waals surface area contributed by atoms with Crippen molar-refractivity contribution >= 4 is 11.4 Å². The number of nitrogens with two attached hydrogens (primary N) is 1. The second-order valence-corrected chi connectivity index (χ2v) is 5.09. The van der Waals surface area contributed by atoms with Gasteiger partial charge in [0.05, 0.1) is 11.4 Å². The molecule has 0 saturated heterocycles. The summed E-state index contributed by atoms with van der Waals surface area (Å²) in [7, 11) is 0. The van der Waals surface area contributed by atoms with Crippen molar-refractivity contribution in [1.82, 2.24) is 0 Å². The van der Waals surface area contributed by atoms with E-state index in [2.05, 4.69) is 19.2 Å². The van der Waals surface area contributed by atoms with Crippen LogP contribution in [0.5, 0.6) is 0 Å². The predicted octanol–water partition coefficient (Wildman–Crippen LogP) is 3.64. The largest absolute Gasteiger partial charge is 0.397 e. The van der Waals surface area contributed by atoms with Crippen LogP contribution in [0.15, 0.2) is 18.2 Å². The molecular weight excluding hydrogens is 215 g/mol. The molecule has 17 heavy (non-hydrogen) atoms. The minimum absolute atomic E-state index is 0.237. The Hall–Kier alpha value is -1.25. The van der Waals surface area contributed by atoms with E-state index < -0.39 is 0 Å². The summed E-state index contributed by atoms with van der Waals surface area (Å²) in [5, 5.41) is 3.40. The topological polar surface area (TPSA) is 38.0 Å². The van der Waals surface area contributed by atoms with Gasteiger partial charge in [0.2, 0.25) is 0 Å². The second-order valence-electron chi connectivity index (χ2n) is 5.09. The van der Waals surface area contributed by atoms with Crippen molar-refractivity contribution in [3.63, 3.8) is 0 Å². The summed E-state index contributed by atoms with van der Waals surface area (Å²) >= 11 is 0. The molecule has 0 radical (unpaired) electrons. The summed E-state index contributed by atoms with van der Waals surface area (Å²) in [5.41, 5.74) is 7.21. The normalized spacial score (nSPS) is 28.3. The first-order valence-electron chi connectivity index (χ1n) is 6.43. The Morgan fingerprint density at radius 3 is 2.82 bits per heavy atom. The molecule has 1 aromatic rings. The first kappa shape index (κ1) is 12.2. The standard InChI is InChI=1S/C14H21FN2/c1-3-10-4-7-13(9(10)2)17-14-8-11(15)5-6-12(14)16/h5-6,8-10,13,17H,3-4,7,16H2,1-2H3. The zero-order valence-corrected chi connectivity index (χ0v) is 10.5. The summed E-state index contributed by atoms with van der Waals surface area (Å²) in [5.74, 6) is 1.17. The highest BCUT2D eigenvalue weighted by Gasteiger charge is 2.31. The molecule has 0 heterocycles. The van der Waals surface area contributed by atoms with Crippen LogP contribution in [0.4, 0.5) is 15.8 Å². The van der Waals surface area contributed by atoms with Gasteiger partial charge in [-0.1, -0.05) is 20.3 Å². The lowest BCUT2D eigenvalue weighted by molar-refractivity contribution is 0.392. The van der Waals surface area contributed by atoms with Crippen LogP contribution in [-0.4, -0.2) is 6.04 Å². The molecule has 0 bridgehead atoms. The molecule has 0 aromatic heterocycles. The fourth-order valence-corrected chi connectivity index (χ4v) is 2.88. The molecule has 94 valence electrons. The maximum atomic E-state index is 13.2. The fraction of sp³-hybridized carbons (Fsp3) is 0.571. The molecule has 1 aliphatic rings. The molecule has 3 heteroatoms. The number of halogens is 1. The summed E-state index contributed by atoms with van der Waals surface area (Å²) in [6.45, 7) is 4.51. The van der Waals surface area contributed by atoms with Crippen LogP contribution in [0.2, 0.25) is 0 Å². The molecule has 0 aliphatic heterocycles. The summed E-state index contributed by atoms with van der Waals surface area (Å²) in [4.78, 5) is 0. The van der Waals surface area contributed by atoms with E-state index in [9.17, 15) is 4.39 Å². The first-order valence-corrected chi connectivity index (χ1v) is 6.43. The average Bonchev–Trinajstić information content (AvgIpc) is 2.65. The van der Waals surface area contributed by atoms with Gasteiger partial charge < -0.3 is 11.1 Å². The van der Waals surface area contributed by atoms with Crippen molar-refractivity contribution in [1.29, 1.82) is 0 Å². The van der Waals surface area contributed by atoms with Gasteiger partial charge in [0, 0.05) is 6.04 Å². The van der Waals surface area contributed by atoms with Gasteiger partial charge in [-0.25, -0.2) is 4.39 Å². The molecule has 0 amide bonds. The molecule has 1 fully saturated rings. The van der Waals surface area contributed by atoms with Gasteiger partial charge in [-0.2, -0.15) is 0 Å². The number of hydrogen-bond donors (Lipinski definition) is 2. The van der Waals surface area contributed by atoms with Crippen LogP contribution in [-0.2, 0) is 0 Å². The van der Waals surface area contributed by atoms with E-state index in [-0.39, 0.29) is 5.82 Å². The molecule has 3 atom stereocenters. The number of hydrogen-bond acceptors (Lipinski definition) is 2. The zero-order chi connectivity index (χ0) is 12.4. The van der Waals surface area contributed by atoms with Gasteiger partial charge in [0.25, 0.3) is 0 Å². The van der Waals surface area contributed by atoms with Crippen molar-refractivity contribution in [2.24, 2.45) is 11.8 Å². The smallest absolute Gasteiger partial charge is 0.125 e. The van der Waals surface area contributed by atoms with Crippen molar-refractivity contribution in [2.45, 2.75) is 39.2 Å². The van der Waals surface area contributed by atoms with Crippen molar-refractivity contribution in [2.75, 3.05) is 11.1 Å². The fourth-order valence-electron chi connectivity index (χ4n) is 2.88. The highest BCUT2D eigenvalue weighted by Crippen LogP contribution is 2.36. The molecule has 1 saturated carbocycles. The van der Waals surface area contributed by atoms with Crippen LogP contribution >= 0.6 is 0 Å². The van der Waals surface area contributed by atoms with Crippen molar-refractivity contribution < 1.29 is 4.39 Å². The maximum Gasteiger partial charge on any atom is 0.125 e. The molecular formula is C14H21FN2. The van der Waals surface area contributed by atoms with E-state index in [1.54, 1.807) is 6.07 Å². The van der Waals surface area contributed by atoms with Crippen LogP contribution in [0.25, 0.3) is 0 Å². The average molecular weight is 236 g/mol. The van der Waals surface area contributed by atoms with Crippen LogP contribution in [0, 0.1) is 17.7 Å². The highest BCUT2D eigenvalue weighted by molar-refractivity contribution is 5.66. The summed E-state index contributed by atoms with van der Waals surface area (Å²) < 4.78 is 13.2. The second kappa shape index (κ2) is 4.94. The van der Waals surface area contributed by atoms with Crippen molar-refractivity contribution in [3.05, 3.63) is 24.0 Å². The quantitative estimate of drug-likeness (QED) is 0.786. The minimum atomic E-state index is -0.237. The maximum absolute atomic E-state index is 13.2. The van der Waals surface area contributed by atoms with E-state index in [0.717, 1.165) is 18.0 Å². The highest BCUT2D eigenvalue weighted by atomic mass is 19.1. The SMILES string of the molecule is CCC1CCC(Nc2cc(F)ccc2N)C1C. The Morgan fingerprint density at radius 2 is 2.18 bits per heavy atom. The minimum Gasteiger partial charge on any atom is -0.397 e. The molecule has 0 spiro atoms. The number of nitrogens with one attached hydrogen (secondary N) is 1. The van der Waals surface area contributed by atoms with E-state index >= 15 is 0 Å². The molecule has 2 nitrogen and oxygen atoms in total. The predicted molar refractivity (Wildman–Crippen MR) is 70.4 cm³/mol. The lowest BCUT2D eigenvalue weighted by atomic mass is 9.93. The molecule has 3 N–H and O–H groups in total. The number of anilines is 2. The number of rotatable bonds is 3. The Bertz CT molecular complexity index is 392. The number of nitrogen functional groups attached to an aromatic ring is 1. The Kier molecular flexibility index (Phi) is 3.55. The Morgan fingerprint density at radius 1 is 1.41 bits per heavy atom. The summed E-state index contributed by atoms with van der Waals surface area (Å²) in [6, 6.07) is 4.92. The third-order valence-electron chi connectivity index (χ3n) is 4.11. The van der Waals surface area contributed by atoms with Gasteiger partial charge in [-0.15, -0.1) is 0 Å². The summed E-state index contributed by atoms with van der Waals surface area (Å²) in [6.07, 6.45) is 3.62. The Balaban J connectivity index is 2.09. The monoisotopic (exact) mass is 236 g/mol. The van der Waals surface area contributed by atoms with Gasteiger partial charge >= 0.3 is 0 Å². The van der Waals surface area contributed by atoms with Gasteiger partial charge in [0.1, 0.15) is 5.82 Å². The Labute approximate surface area is 102 Å². The third kappa shape index (κ3) is 2.54. The molecule has 1 aliphatic carbocycles. The third-order valence-corrected chi connectivity index (χ3v) is 4.11. The zero-order valence-electron chi connectivity index (χ0n) is 10.5. The van der Waals surface area contributed by atoms with Gasteiger partial charge in [0.15, 0.2) is 0 Å². The lowest BCUT2D eigenvalue weighted by Crippen LogP contribution is -2.25. The molecule has 1 aromatic carbocycles.